The second-order valence-electron chi connectivity index (χ2n) is 6.23. The summed E-state index contributed by atoms with van der Waals surface area (Å²) in [6.07, 6.45) is 5.60. The lowest BCUT2D eigenvalue weighted by molar-refractivity contribution is 0.284. The lowest BCUT2D eigenvalue weighted by Gasteiger charge is -2.29. The van der Waals surface area contributed by atoms with E-state index in [0.717, 1.165) is 18.5 Å². The topological polar surface area (TPSA) is 98.9 Å². The third kappa shape index (κ3) is 3.57. The summed E-state index contributed by atoms with van der Waals surface area (Å²) in [6.45, 7) is 1.85. The lowest BCUT2D eigenvalue weighted by atomic mass is 9.92. The third-order valence-electron chi connectivity index (χ3n) is 4.31. The summed E-state index contributed by atoms with van der Waals surface area (Å²) in [6, 6.07) is 3.12. The fourth-order valence-corrected chi connectivity index (χ4v) is 4.33. The van der Waals surface area contributed by atoms with Crippen molar-refractivity contribution >= 4 is 10.0 Å². The zero-order chi connectivity index (χ0) is 17.3. The van der Waals surface area contributed by atoms with Gasteiger partial charge in [0.2, 0.25) is 10.0 Å². The minimum Gasteiger partial charge on any atom is -0.274 e. The Morgan fingerprint density at radius 2 is 1.92 bits per heavy atom. The molecule has 0 saturated heterocycles. The van der Waals surface area contributed by atoms with Crippen LogP contribution in [0.25, 0.3) is 0 Å². The molecular formula is C15H21N5O3S. The fourth-order valence-electron chi connectivity index (χ4n) is 3.05. The molecule has 1 saturated carbocycles. The van der Waals surface area contributed by atoms with Crippen molar-refractivity contribution in [3.8, 4) is 0 Å². The molecule has 1 fully saturated rings. The highest BCUT2D eigenvalue weighted by Gasteiger charge is 2.27. The van der Waals surface area contributed by atoms with Gasteiger partial charge in [-0.2, -0.15) is 10.2 Å². The zero-order valence-corrected chi connectivity index (χ0v) is 14.5. The van der Waals surface area contributed by atoms with Gasteiger partial charge in [0.05, 0.1) is 17.9 Å². The van der Waals surface area contributed by atoms with Crippen LogP contribution in [0.15, 0.2) is 34.2 Å². The van der Waals surface area contributed by atoms with Crippen LogP contribution >= 0.6 is 0 Å². The molecule has 0 unspecified atom stereocenters. The van der Waals surface area contributed by atoms with E-state index in [1.54, 1.807) is 13.1 Å². The maximum atomic E-state index is 12.3. The molecular weight excluding hydrogens is 330 g/mol. The largest absolute Gasteiger partial charge is 0.274 e. The van der Waals surface area contributed by atoms with E-state index in [1.807, 2.05) is 6.92 Å². The highest BCUT2D eigenvalue weighted by Crippen LogP contribution is 2.27. The third-order valence-corrected chi connectivity index (χ3v) is 5.79. The van der Waals surface area contributed by atoms with E-state index in [-0.39, 0.29) is 22.5 Å². The smallest absolute Gasteiger partial charge is 0.267 e. The van der Waals surface area contributed by atoms with Crippen LogP contribution in [0.4, 0.5) is 0 Å². The van der Waals surface area contributed by atoms with Crippen molar-refractivity contribution in [1.82, 2.24) is 24.3 Å². The van der Waals surface area contributed by atoms with Crippen LogP contribution in [-0.4, -0.2) is 34.0 Å². The number of aromatic nitrogens is 4. The SMILES string of the molecule is Cc1ccc(=O)n(C2CCC(NS(=O)(=O)c3cnn(C)c3)CC2)n1. The van der Waals surface area contributed by atoms with Crippen molar-refractivity contribution in [2.24, 2.45) is 7.05 Å². The minimum absolute atomic E-state index is 0.0246. The monoisotopic (exact) mass is 351 g/mol. The average molecular weight is 351 g/mol. The molecule has 1 N–H and O–H groups in total. The Hall–Kier alpha value is -2.00. The van der Waals surface area contributed by atoms with Crippen molar-refractivity contribution in [3.05, 3.63) is 40.6 Å². The molecule has 0 aromatic carbocycles. The van der Waals surface area contributed by atoms with Crippen molar-refractivity contribution in [3.63, 3.8) is 0 Å². The van der Waals surface area contributed by atoms with E-state index in [4.69, 9.17) is 0 Å². The highest BCUT2D eigenvalue weighted by atomic mass is 32.2. The van der Waals surface area contributed by atoms with Gasteiger partial charge >= 0.3 is 0 Å². The number of aryl methyl sites for hydroxylation is 2. The molecule has 8 nitrogen and oxygen atoms in total. The number of hydrogen-bond donors (Lipinski definition) is 1. The summed E-state index contributed by atoms with van der Waals surface area (Å²) in [7, 11) is -1.88. The Labute approximate surface area is 140 Å². The quantitative estimate of drug-likeness (QED) is 0.876. The Balaban J connectivity index is 1.65. The van der Waals surface area contributed by atoms with Gasteiger partial charge in [0.1, 0.15) is 4.90 Å². The Bertz CT molecular complexity index is 879. The second-order valence-corrected chi connectivity index (χ2v) is 7.95. The first kappa shape index (κ1) is 16.8. The molecule has 24 heavy (non-hydrogen) atoms. The average Bonchev–Trinajstić information content (AvgIpc) is 2.98. The molecule has 130 valence electrons. The summed E-state index contributed by atoms with van der Waals surface area (Å²) >= 11 is 0. The molecule has 0 atom stereocenters. The van der Waals surface area contributed by atoms with E-state index in [1.165, 1.54) is 27.8 Å². The van der Waals surface area contributed by atoms with Crippen LogP contribution in [0.5, 0.6) is 0 Å². The van der Waals surface area contributed by atoms with Crippen molar-refractivity contribution in [1.29, 1.82) is 0 Å². The first-order chi connectivity index (χ1) is 11.3. The van der Waals surface area contributed by atoms with Gasteiger partial charge in [0, 0.05) is 25.4 Å². The van der Waals surface area contributed by atoms with Crippen LogP contribution in [0, 0.1) is 6.92 Å². The molecule has 1 aliphatic rings. The van der Waals surface area contributed by atoms with Crippen LogP contribution in [0.3, 0.4) is 0 Å². The minimum atomic E-state index is -3.55. The van der Waals surface area contributed by atoms with Crippen LogP contribution in [0.1, 0.15) is 37.4 Å². The van der Waals surface area contributed by atoms with Gasteiger partial charge in [-0.1, -0.05) is 0 Å². The van der Waals surface area contributed by atoms with Gasteiger partial charge in [0.25, 0.3) is 5.56 Å². The molecule has 0 spiro atoms. The number of nitrogens with zero attached hydrogens (tertiary/aromatic N) is 4. The maximum Gasteiger partial charge on any atom is 0.267 e. The van der Waals surface area contributed by atoms with Crippen molar-refractivity contribution in [2.45, 2.75) is 49.6 Å². The summed E-state index contributed by atoms with van der Waals surface area (Å²) in [4.78, 5) is 12.1. The molecule has 2 aromatic heterocycles. The molecule has 1 aliphatic carbocycles. The first-order valence-corrected chi connectivity index (χ1v) is 9.41. The maximum absolute atomic E-state index is 12.3. The van der Waals surface area contributed by atoms with Gasteiger partial charge in [0.15, 0.2) is 0 Å². The number of rotatable bonds is 4. The summed E-state index contributed by atoms with van der Waals surface area (Å²) < 4.78 is 30.4. The molecule has 0 aliphatic heterocycles. The summed E-state index contributed by atoms with van der Waals surface area (Å²) in [5.41, 5.74) is 0.689. The van der Waals surface area contributed by atoms with E-state index < -0.39 is 10.0 Å². The van der Waals surface area contributed by atoms with E-state index in [2.05, 4.69) is 14.9 Å². The standard InChI is InChI=1S/C15H21N5O3S/c1-11-3-8-15(21)20(17-11)13-6-4-12(5-7-13)18-24(22,23)14-9-16-19(2)10-14/h3,8-10,12-13,18H,4-7H2,1-2H3. The second kappa shape index (κ2) is 6.48. The van der Waals surface area contributed by atoms with E-state index in [9.17, 15) is 13.2 Å². The molecule has 2 heterocycles. The van der Waals surface area contributed by atoms with Gasteiger partial charge < -0.3 is 0 Å². The number of sulfonamides is 1. The van der Waals surface area contributed by atoms with E-state index >= 15 is 0 Å². The predicted molar refractivity (Wildman–Crippen MR) is 88.1 cm³/mol. The molecule has 0 amide bonds. The highest BCUT2D eigenvalue weighted by molar-refractivity contribution is 7.89. The predicted octanol–water partition coefficient (Wildman–Crippen LogP) is 0.747. The number of hydrogen-bond acceptors (Lipinski definition) is 5. The van der Waals surface area contributed by atoms with Gasteiger partial charge in [-0.25, -0.2) is 17.8 Å². The molecule has 3 rings (SSSR count). The van der Waals surface area contributed by atoms with Gasteiger partial charge in [-0.15, -0.1) is 0 Å². The van der Waals surface area contributed by atoms with Crippen LogP contribution < -0.4 is 10.3 Å². The Morgan fingerprint density at radius 3 is 2.54 bits per heavy atom. The molecule has 0 bridgehead atoms. The lowest BCUT2D eigenvalue weighted by Crippen LogP contribution is -2.39. The molecule has 0 radical (unpaired) electrons. The fraction of sp³-hybridized carbons (Fsp3) is 0.533. The Kier molecular flexibility index (Phi) is 4.55. The number of nitrogens with one attached hydrogen (secondary N) is 1. The summed E-state index contributed by atoms with van der Waals surface area (Å²) in [5, 5.41) is 8.20. The van der Waals surface area contributed by atoms with Gasteiger partial charge in [-0.05, 0) is 38.7 Å². The zero-order valence-electron chi connectivity index (χ0n) is 13.7. The molecule has 2 aromatic rings. The summed E-state index contributed by atoms with van der Waals surface area (Å²) in [5.74, 6) is 0. The van der Waals surface area contributed by atoms with E-state index in [0.29, 0.717) is 12.8 Å². The van der Waals surface area contributed by atoms with Crippen molar-refractivity contribution in [2.75, 3.05) is 0 Å². The first-order valence-electron chi connectivity index (χ1n) is 7.92. The Morgan fingerprint density at radius 1 is 1.21 bits per heavy atom. The normalized spacial score (nSPS) is 21.8. The van der Waals surface area contributed by atoms with Crippen LogP contribution in [0.2, 0.25) is 0 Å². The van der Waals surface area contributed by atoms with Crippen molar-refractivity contribution < 1.29 is 8.42 Å². The molecule has 9 heteroatoms. The van der Waals surface area contributed by atoms with Crippen LogP contribution in [-0.2, 0) is 17.1 Å². The van der Waals surface area contributed by atoms with Gasteiger partial charge in [-0.3, -0.25) is 9.48 Å².